The molecule has 2 aromatic carbocycles. The first-order chi connectivity index (χ1) is 26.5. The van der Waals surface area contributed by atoms with E-state index in [1.807, 2.05) is 13.8 Å². The average Bonchev–Trinajstić information content (AvgIpc) is 3.20. The molecule has 0 radical (unpaired) electrons. The van der Waals surface area contributed by atoms with Crippen LogP contribution in [0, 0.1) is 41.4 Å². The van der Waals surface area contributed by atoms with Gasteiger partial charge in [0.25, 0.3) is 0 Å². The fraction of sp³-hybridized carbons (Fsp3) is 0.792. The van der Waals surface area contributed by atoms with Crippen LogP contribution in [0.1, 0.15) is 198 Å². The van der Waals surface area contributed by atoms with Crippen LogP contribution >= 0.6 is 0 Å². The molecule has 2 heterocycles. The van der Waals surface area contributed by atoms with E-state index in [2.05, 4.69) is 129 Å². The third kappa shape index (κ3) is 23.6. The van der Waals surface area contributed by atoms with E-state index in [-0.39, 0.29) is 11.7 Å². The van der Waals surface area contributed by atoms with Crippen LogP contribution in [-0.4, -0.2) is 54.9 Å². The molecule has 0 bridgehead atoms. The molecule has 0 spiro atoms. The predicted octanol–water partition coefficient (Wildman–Crippen LogP) is 15.5. The van der Waals surface area contributed by atoms with Crippen molar-refractivity contribution in [1.82, 2.24) is 9.80 Å². The van der Waals surface area contributed by atoms with E-state index in [1.165, 1.54) is 139 Å². The molecule has 0 aromatic heterocycles. The molecular weight excluding hydrogens is 681 g/mol. The van der Waals surface area contributed by atoms with E-state index in [0.717, 1.165) is 41.5 Å². The summed E-state index contributed by atoms with van der Waals surface area (Å²) in [7, 11) is 2.22. The molecule has 3 heteroatoms. The Morgan fingerprint density at radius 2 is 0.911 bits per heavy atom. The summed E-state index contributed by atoms with van der Waals surface area (Å²) in [5.41, 5.74) is 1.42. The van der Waals surface area contributed by atoms with Gasteiger partial charge in [0.15, 0.2) is 0 Å². The lowest BCUT2D eigenvalue weighted by Gasteiger charge is -2.31. The quantitative estimate of drug-likeness (QED) is 0.292. The lowest BCUT2D eigenvalue weighted by atomic mass is 9.82. The maximum absolute atomic E-state index is 10.1. The van der Waals surface area contributed by atoms with Gasteiger partial charge in [0, 0.05) is 12.0 Å². The number of hydrogen-bond donors (Lipinski definition) is 0. The Morgan fingerprint density at radius 3 is 1.25 bits per heavy atom. The summed E-state index contributed by atoms with van der Waals surface area (Å²) >= 11 is 0. The van der Waals surface area contributed by atoms with Gasteiger partial charge in [-0.3, -0.25) is 4.79 Å². The minimum Gasteiger partial charge on any atom is -0.306 e. The molecule has 0 unspecified atom stereocenters. The molecule has 6 rings (SSSR count). The molecule has 2 aromatic rings. The van der Waals surface area contributed by atoms with Crippen molar-refractivity contribution in [1.29, 1.82) is 0 Å². The minimum absolute atomic E-state index is 0.213. The molecule has 4 aliphatic rings. The monoisotopic (exact) mass is 777 g/mol. The van der Waals surface area contributed by atoms with Crippen LogP contribution in [0.4, 0.5) is 0 Å². The van der Waals surface area contributed by atoms with Gasteiger partial charge in [-0.05, 0) is 137 Å². The third-order valence-electron chi connectivity index (χ3n) is 13.3. The molecule has 2 aliphatic heterocycles. The van der Waals surface area contributed by atoms with Crippen molar-refractivity contribution in [3.63, 3.8) is 0 Å². The summed E-state index contributed by atoms with van der Waals surface area (Å²) in [5.74, 6) is 6.96. The van der Waals surface area contributed by atoms with Crippen molar-refractivity contribution >= 4 is 16.6 Å². The van der Waals surface area contributed by atoms with Crippen LogP contribution in [0.2, 0.25) is 0 Å². The summed E-state index contributed by atoms with van der Waals surface area (Å²) in [4.78, 5) is 15.1. The van der Waals surface area contributed by atoms with Crippen LogP contribution in [0.5, 0.6) is 0 Å². The third-order valence-corrected chi connectivity index (χ3v) is 13.3. The Morgan fingerprint density at radius 1 is 0.518 bits per heavy atom. The molecular formula is C53H96N2O. The SMILES string of the molecule is CC(=O)C(C)C.CC(C)C1CCCCC1.CC(C)C1CCCCC1.CC(C)C1CCN(C)CC1.CC(C)N1CCCCC1.CC(C)c1ccc2ccccc2c1. The van der Waals surface area contributed by atoms with E-state index in [9.17, 15) is 4.79 Å². The van der Waals surface area contributed by atoms with Crippen molar-refractivity contribution in [2.45, 2.75) is 198 Å². The van der Waals surface area contributed by atoms with Crippen LogP contribution in [-0.2, 0) is 4.79 Å². The summed E-state index contributed by atoms with van der Waals surface area (Å²) in [5, 5.41) is 2.67. The first kappa shape index (κ1) is 52.3. The molecule has 0 amide bonds. The summed E-state index contributed by atoms with van der Waals surface area (Å²) in [6, 6.07) is 16.0. The predicted molar refractivity (Wildman–Crippen MR) is 252 cm³/mol. The molecule has 0 N–H and O–H groups in total. The number of carbonyl (C=O) groups excluding carboxylic acids is 1. The fourth-order valence-electron chi connectivity index (χ4n) is 8.30. The fourth-order valence-corrected chi connectivity index (χ4v) is 8.30. The number of ketones is 1. The molecule has 56 heavy (non-hydrogen) atoms. The van der Waals surface area contributed by atoms with Crippen molar-refractivity contribution in [3.8, 4) is 0 Å². The summed E-state index contributed by atoms with van der Waals surface area (Å²) in [6.07, 6.45) is 22.0. The highest BCUT2D eigenvalue weighted by Gasteiger charge is 2.19. The highest BCUT2D eigenvalue weighted by atomic mass is 16.1. The van der Waals surface area contributed by atoms with E-state index in [0.29, 0.717) is 5.92 Å². The van der Waals surface area contributed by atoms with Crippen LogP contribution in [0.15, 0.2) is 42.5 Å². The van der Waals surface area contributed by atoms with Gasteiger partial charge in [0.05, 0.1) is 0 Å². The van der Waals surface area contributed by atoms with Gasteiger partial charge in [-0.25, -0.2) is 0 Å². The van der Waals surface area contributed by atoms with Crippen LogP contribution in [0.25, 0.3) is 10.8 Å². The van der Waals surface area contributed by atoms with E-state index in [4.69, 9.17) is 0 Å². The second-order valence-corrected chi connectivity index (χ2v) is 19.9. The van der Waals surface area contributed by atoms with Gasteiger partial charge < -0.3 is 9.80 Å². The van der Waals surface area contributed by atoms with E-state index < -0.39 is 0 Å². The number of benzene rings is 2. The van der Waals surface area contributed by atoms with Crippen LogP contribution < -0.4 is 0 Å². The van der Waals surface area contributed by atoms with Gasteiger partial charge >= 0.3 is 0 Å². The van der Waals surface area contributed by atoms with Crippen molar-refractivity contribution < 1.29 is 4.79 Å². The number of nitrogens with zero attached hydrogens (tertiary/aromatic N) is 2. The lowest BCUT2D eigenvalue weighted by Crippen LogP contribution is -2.35. The number of fused-ring (bicyclic) bond motifs is 1. The van der Waals surface area contributed by atoms with Crippen molar-refractivity contribution in [2.24, 2.45) is 41.4 Å². The second kappa shape index (κ2) is 30.3. The number of carbonyl (C=O) groups is 1. The van der Waals surface area contributed by atoms with Gasteiger partial charge in [0.1, 0.15) is 5.78 Å². The van der Waals surface area contributed by atoms with E-state index >= 15 is 0 Å². The standard InChI is InChI=1S/C13H14.C9H19N.2C9H18.C8H17N.C5H10O/c1-10(2)12-8-7-11-5-3-4-6-13(11)9-12;1-8(2)9-4-6-10(3)7-5-9;3*1-8(2)9-6-4-3-5-7-9;1-4(2)5(3)6/h3-10H,1-2H3;8-9H,4-7H2,1-3H3;2*8-9H,3-7H2,1-2H3;8H,3-7H2,1-2H3;4H,1-3H3. The normalized spacial score (nSPS) is 18.9. The average molecular weight is 777 g/mol. The number of rotatable bonds is 6. The summed E-state index contributed by atoms with van der Waals surface area (Å²) < 4.78 is 0. The topological polar surface area (TPSA) is 23.6 Å². The lowest BCUT2D eigenvalue weighted by molar-refractivity contribution is -0.119. The van der Waals surface area contributed by atoms with E-state index in [1.54, 1.807) is 6.92 Å². The Labute approximate surface area is 350 Å². The molecule has 3 nitrogen and oxygen atoms in total. The zero-order chi connectivity index (χ0) is 42.0. The maximum atomic E-state index is 10.1. The first-order valence-corrected chi connectivity index (χ1v) is 23.9. The first-order valence-electron chi connectivity index (χ1n) is 23.9. The summed E-state index contributed by atoms with van der Waals surface area (Å²) in [6.45, 7) is 33.8. The second-order valence-electron chi connectivity index (χ2n) is 19.9. The number of piperidine rings is 2. The van der Waals surface area contributed by atoms with Gasteiger partial charge in [0.2, 0.25) is 0 Å². The Hall–Kier alpha value is -1.71. The van der Waals surface area contributed by atoms with Crippen LogP contribution in [0.3, 0.4) is 0 Å². The van der Waals surface area contributed by atoms with Gasteiger partial charge in [-0.15, -0.1) is 0 Å². The Balaban J connectivity index is 0.000000341. The smallest absolute Gasteiger partial charge is 0.132 e. The minimum atomic E-state index is 0.213. The van der Waals surface area contributed by atoms with Crippen molar-refractivity contribution in [2.75, 3.05) is 33.2 Å². The molecule has 324 valence electrons. The van der Waals surface area contributed by atoms with Gasteiger partial charge in [-0.2, -0.15) is 0 Å². The zero-order valence-corrected chi connectivity index (χ0v) is 40.0. The largest absolute Gasteiger partial charge is 0.306 e. The molecule has 4 fully saturated rings. The zero-order valence-electron chi connectivity index (χ0n) is 40.0. The number of Topliss-reactive ketones (excluding diaryl/α,β-unsaturated/α-hetero) is 1. The van der Waals surface area contributed by atoms with Crippen molar-refractivity contribution in [3.05, 3.63) is 48.0 Å². The molecule has 0 atom stereocenters. The maximum Gasteiger partial charge on any atom is 0.132 e. The highest BCUT2D eigenvalue weighted by molar-refractivity contribution is 5.83. The molecule has 2 saturated carbocycles. The molecule has 2 aliphatic carbocycles. The Kier molecular flexibility index (Phi) is 28.3. The van der Waals surface area contributed by atoms with Gasteiger partial charge in [-0.1, -0.05) is 182 Å². The Bertz CT molecular complexity index is 1170. The number of likely N-dealkylation sites (tertiary alicyclic amines) is 2. The molecule has 2 saturated heterocycles. The highest BCUT2D eigenvalue weighted by Crippen LogP contribution is 2.30. The number of hydrogen-bond acceptors (Lipinski definition) is 3.